The first-order valence-electron chi connectivity index (χ1n) is 2.55. The minimum atomic E-state index is 0. The van der Waals surface area contributed by atoms with E-state index in [-0.39, 0.29) is 62.0 Å². The van der Waals surface area contributed by atoms with E-state index in [1.807, 2.05) is 0 Å². The fourth-order valence-electron chi connectivity index (χ4n) is 0.650. The molecular formula is C7H12Cl2SiZr. The molecule has 0 unspecified atom stereocenters. The molecule has 0 amide bonds. The molecule has 0 heterocycles. The van der Waals surface area contributed by atoms with E-state index in [0.29, 0.717) is 0 Å². The predicted molar refractivity (Wildman–Crippen MR) is 40.7 cm³/mol. The predicted octanol–water partition coefficient (Wildman–Crippen LogP) is -5.09. The SMILES string of the molecule is CC1=[C-]CC=C1C.[Cl-].[Cl-].[SiH3].[Zr+3]. The largest absolute Gasteiger partial charge is 3.00 e. The van der Waals surface area contributed by atoms with Crippen molar-refractivity contribution in [1.82, 2.24) is 0 Å². The summed E-state index contributed by atoms with van der Waals surface area (Å²) in [7, 11) is 0. The van der Waals surface area contributed by atoms with Gasteiger partial charge in [-0.15, -0.1) is 13.3 Å². The zero-order valence-corrected chi connectivity index (χ0v) is 13.0. The molecule has 0 nitrogen and oxygen atoms in total. The van der Waals surface area contributed by atoms with Crippen LogP contribution < -0.4 is 24.8 Å². The monoisotopic (exact) mass is 284 g/mol. The summed E-state index contributed by atoms with van der Waals surface area (Å²) in [6.07, 6.45) is 6.41. The third kappa shape index (κ3) is 7.52. The maximum Gasteiger partial charge on any atom is 3.00 e. The first-order valence-corrected chi connectivity index (χ1v) is 2.55. The van der Waals surface area contributed by atoms with Gasteiger partial charge in [-0.1, -0.05) is 6.92 Å². The molecule has 1 rings (SSSR count). The van der Waals surface area contributed by atoms with E-state index >= 15 is 0 Å². The Morgan fingerprint density at radius 2 is 1.73 bits per heavy atom. The van der Waals surface area contributed by atoms with Crippen molar-refractivity contribution in [3.8, 4) is 0 Å². The molecule has 11 heavy (non-hydrogen) atoms. The molecule has 0 aromatic carbocycles. The van der Waals surface area contributed by atoms with E-state index in [9.17, 15) is 0 Å². The van der Waals surface area contributed by atoms with E-state index < -0.39 is 0 Å². The van der Waals surface area contributed by atoms with Crippen LogP contribution in [0.5, 0.6) is 0 Å². The fourth-order valence-corrected chi connectivity index (χ4v) is 0.650. The third-order valence-corrected chi connectivity index (χ3v) is 1.37. The Hall–Kier alpha value is 1.16. The van der Waals surface area contributed by atoms with E-state index in [1.54, 1.807) is 0 Å². The second kappa shape index (κ2) is 11.2. The van der Waals surface area contributed by atoms with Crippen LogP contribution in [0.4, 0.5) is 0 Å². The minimum absolute atomic E-state index is 0. The quantitative estimate of drug-likeness (QED) is 0.309. The van der Waals surface area contributed by atoms with Gasteiger partial charge in [0.25, 0.3) is 0 Å². The maximum atomic E-state index is 3.19. The molecule has 0 spiro atoms. The van der Waals surface area contributed by atoms with E-state index in [4.69, 9.17) is 0 Å². The molecule has 4 heteroatoms. The summed E-state index contributed by atoms with van der Waals surface area (Å²) in [6.45, 7) is 4.22. The van der Waals surface area contributed by atoms with Crippen LogP contribution >= 0.6 is 0 Å². The molecule has 0 saturated heterocycles. The van der Waals surface area contributed by atoms with Gasteiger partial charge in [0.2, 0.25) is 0 Å². The van der Waals surface area contributed by atoms with Gasteiger partial charge in [-0.3, -0.25) is 6.08 Å². The number of hydrogen-bond donors (Lipinski definition) is 0. The van der Waals surface area contributed by atoms with E-state index in [2.05, 4.69) is 26.0 Å². The standard InChI is InChI=1S/C7H9.2ClH.H3Si.Zr/c1-6-4-3-5-7(6)2;;;;/h4H,3H2,1-2H3;2*1H;1H3;/q-1;;;;+3/p-2. The van der Waals surface area contributed by atoms with Crippen molar-refractivity contribution in [2.45, 2.75) is 20.3 Å². The summed E-state index contributed by atoms with van der Waals surface area (Å²) >= 11 is 0. The molecule has 0 aromatic heterocycles. The van der Waals surface area contributed by atoms with Crippen LogP contribution in [0.2, 0.25) is 0 Å². The fraction of sp³-hybridized carbons (Fsp3) is 0.429. The van der Waals surface area contributed by atoms with Crippen molar-refractivity contribution in [1.29, 1.82) is 0 Å². The van der Waals surface area contributed by atoms with E-state index in [1.165, 1.54) is 11.1 Å². The van der Waals surface area contributed by atoms with Crippen molar-refractivity contribution in [2.24, 2.45) is 0 Å². The normalized spacial score (nSPS) is 12.2. The Morgan fingerprint density at radius 1 is 1.27 bits per heavy atom. The molecular weight excluding hydrogens is 274 g/mol. The second-order valence-electron chi connectivity index (χ2n) is 1.89. The molecule has 62 valence electrons. The molecule has 0 atom stereocenters. The van der Waals surface area contributed by atoms with Crippen molar-refractivity contribution in [3.05, 3.63) is 23.3 Å². The van der Waals surface area contributed by atoms with Gasteiger partial charge in [-0.2, -0.15) is 6.08 Å². The smallest absolute Gasteiger partial charge is 1.00 e. The van der Waals surface area contributed by atoms with Crippen molar-refractivity contribution in [2.75, 3.05) is 0 Å². The van der Waals surface area contributed by atoms with Crippen LogP contribution in [0.3, 0.4) is 0 Å². The average Bonchev–Trinajstić information content (AvgIpc) is 1.91. The van der Waals surface area contributed by atoms with Gasteiger partial charge in [0, 0.05) is 0 Å². The first-order chi connectivity index (χ1) is 3.30. The van der Waals surface area contributed by atoms with Crippen molar-refractivity contribution < 1.29 is 51.0 Å². The first kappa shape index (κ1) is 22.7. The topological polar surface area (TPSA) is 0 Å². The Balaban J connectivity index is -0.0000000612. The summed E-state index contributed by atoms with van der Waals surface area (Å²) in [6, 6.07) is 0. The molecule has 1 aliphatic rings. The van der Waals surface area contributed by atoms with Crippen molar-refractivity contribution >= 4 is 11.0 Å². The van der Waals surface area contributed by atoms with Gasteiger partial charge < -0.3 is 24.8 Å². The van der Waals surface area contributed by atoms with Gasteiger partial charge in [-0.25, -0.2) is 11.1 Å². The van der Waals surface area contributed by atoms with Gasteiger partial charge >= 0.3 is 26.2 Å². The Morgan fingerprint density at radius 3 is 1.82 bits per heavy atom. The van der Waals surface area contributed by atoms with Gasteiger partial charge in [0.05, 0.1) is 0 Å². The minimum Gasteiger partial charge on any atom is -1.00 e. The molecule has 0 aliphatic heterocycles. The molecule has 0 saturated carbocycles. The van der Waals surface area contributed by atoms with Crippen LogP contribution in [0.1, 0.15) is 20.3 Å². The van der Waals surface area contributed by atoms with Gasteiger partial charge in [0.1, 0.15) is 0 Å². The molecule has 1 aliphatic carbocycles. The Bertz CT molecular complexity index is 127. The molecule has 2 radical (unpaired) electrons. The molecule has 0 bridgehead atoms. The van der Waals surface area contributed by atoms with Crippen molar-refractivity contribution in [3.63, 3.8) is 0 Å². The summed E-state index contributed by atoms with van der Waals surface area (Å²) < 4.78 is 0. The molecule has 0 fully saturated rings. The molecule has 0 N–H and O–H groups in total. The van der Waals surface area contributed by atoms with Crippen LogP contribution in [0.25, 0.3) is 0 Å². The summed E-state index contributed by atoms with van der Waals surface area (Å²) in [5, 5.41) is 0. The van der Waals surface area contributed by atoms with Gasteiger partial charge in [-0.05, 0) is 11.0 Å². The number of halogens is 2. The number of hydrogen-bond acceptors (Lipinski definition) is 0. The second-order valence-corrected chi connectivity index (χ2v) is 1.89. The zero-order valence-electron chi connectivity index (χ0n) is 7.04. The maximum absolute atomic E-state index is 3.19. The summed E-state index contributed by atoms with van der Waals surface area (Å²) in [5.74, 6) is 0. The zero-order chi connectivity index (χ0) is 5.28. The summed E-state index contributed by atoms with van der Waals surface area (Å²) in [4.78, 5) is 0. The van der Waals surface area contributed by atoms with E-state index in [0.717, 1.165) is 6.42 Å². The van der Waals surface area contributed by atoms with Gasteiger partial charge in [0.15, 0.2) is 0 Å². The van der Waals surface area contributed by atoms with Crippen LogP contribution in [0, 0.1) is 6.08 Å². The number of rotatable bonds is 0. The average molecular weight is 286 g/mol. The molecule has 0 aromatic rings. The Kier molecular flexibility index (Phi) is 23.1. The Labute approximate surface area is 105 Å². The van der Waals surface area contributed by atoms with Crippen LogP contribution in [-0.4, -0.2) is 11.0 Å². The van der Waals surface area contributed by atoms with Crippen LogP contribution in [0.15, 0.2) is 17.2 Å². The number of allylic oxidation sites excluding steroid dienone is 4. The van der Waals surface area contributed by atoms with Crippen LogP contribution in [-0.2, 0) is 26.2 Å². The third-order valence-electron chi connectivity index (χ3n) is 1.37. The summed E-state index contributed by atoms with van der Waals surface area (Å²) in [5.41, 5.74) is 2.71.